The minimum atomic E-state index is -0.122. The molecule has 0 saturated heterocycles. The molecule has 0 spiro atoms. The van der Waals surface area contributed by atoms with Crippen molar-refractivity contribution in [3.05, 3.63) is 60.4 Å². The van der Waals surface area contributed by atoms with Gasteiger partial charge in [0.15, 0.2) is 0 Å². The highest BCUT2D eigenvalue weighted by atomic mass is 19.1. The van der Waals surface area contributed by atoms with E-state index in [0.29, 0.717) is 10.8 Å². The average molecular weight is 196 g/mol. The summed E-state index contributed by atoms with van der Waals surface area (Å²) < 4.78 is 14.1. The summed E-state index contributed by atoms with van der Waals surface area (Å²) in [7, 11) is 0. The average Bonchev–Trinajstić information content (AvgIpc) is 2.30. The first kappa shape index (κ1) is 8.42. The van der Waals surface area contributed by atoms with Crippen LogP contribution in [0.4, 0.5) is 4.39 Å². The highest BCUT2D eigenvalue weighted by Gasteiger charge is 2.05. The van der Waals surface area contributed by atoms with Gasteiger partial charge >= 0.3 is 0 Å². The van der Waals surface area contributed by atoms with Crippen molar-refractivity contribution in [2.24, 2.45) is 0 Å². The quantitative estimate of drug-likeness (QED) is 0.474. The molecule has 0 aromatic heterocycles. The first-order chi connectivity index (χ1) is 7.36. The SMILES string of the molecule is Fc1c2ccccc2cc2ccccc12. The number of halogens is 1. The van der Waals surface area contributed by atoms with Gasteiger partial charge in [-0.2, -0.15) is 0 Å². The molecule has 0 unspecified atom stereocenters. The summed E-state index contributed by atoms with van der Waals surface area (Å²) in [6, 6.07) is 17.1. The molecule has 0 aliphatic carbocycles. The maximum atomic E-state index is 14.1. The molecule has 3 aromatic carbocycles. The van der Waals surface area contributed by atoms with Crippen LogP contribution < -0.4 is 0 Å². The Morgan fingerprint density at radius 3 is 1.67 bits per heavy atom. The van der Waals surface area contributed by atoms with Crippen molar-refractivity contribution in [1.29, 1.82) is 0 Å². The third-order valence-corrected chi connectivity index (χ3v) is 2.71. The van der Waals surface area contributed by atoms with Crippen molar-refractivity contribution < 1.29 is 4.39 Å². The van der Waals surface area contributed by atoms with E-state index in [0.717, 1.165) is 10.8 Å². The zero-order chi connectivity index (χ0) is 10.3. The first-order valence-electron chi connectivity index (χ1n) is 4.92. The Labute approximate surface area is 87.0 Å². The van der Waals surface area contributed by atoms with Crippen LogP contribution in [0.2, 0.25) is 0 Å². The maximum absolute atomic E-state index is 14.1. The summed E-state index contributed by atoms with van der Waals surface area (Å²) >= 11 is 0. The van der Waals surface area contributed by atoms with Gasteiger partial charge in [0.1, 0.15) is 5.82 Å². The molecule has 1 heteroatoms. The Morgan fingerprint density at radius 2 is 1.13 bits per heavy atom. The van der Waals surface area contributed by atoms with E-state index in [-0.39, 0.29) is 5.82 Å². The van der Waals surface area contributed by atoms with Crippen molar-refractivity contribution >= 4 is 21.5 Å². The predicted molar refractivity (Wildman–Crippen MR) is 61.4 cm³/mol. The number of hydrogen-bond donors (Lipinski definition) is 0. The van der Waals surface area contributed by atoms with Crippen molar-refractivity contribution in [2.45, 2.75) is 0 Å². The van der Waals surface area contributed by atoms with Crippen molar-refractivity contribution in [2.75, 3.05) is 0 Å². The Kier molecular flexibility index (Phi) is 1.72. The molecule has 0 N–H and O–H groups in total. The largest absolute Gasteiger partial charge is 0.206 e. The lowest BCUT2D eigenvalue weighted by Crippen LogP contribution is -1.82. The Hall–Kier alpha value is -1.89. The van der Waals surface area contributed by atoms with Crippen LogP contribution in [-0.4, -0.2) is 0 Å². The number of fused-ring (bicyclic) bond motifs is 2. The Balaban J connectivity index is 2.60. The van der Waals surface area contributed by atoms with Gasteiger partial charge in [0.2, 0.25) is 0 Å². The molecule has 0 heterocycles. The molecule has 0 aliphatic heterocycles. The normalized spacial score (nSPS) is 11.0. The molecule has 3 aromatic rings. The van der Waals surface area contributed by atoms with Gasteiger partial charge in [-0.1, -0.05) is 48.5 Å². The van der Waals surface area contributed by atoms with Gasteiger partial charge in [0.25, 0.3) is 0 Å². The standard InChI is InChI=1S/C14H9F/c15-14-12-7-3-1-5-10(12)9-11-6-2-4-8-13(11)14/h1-9H. The van der Waals surface area contributed by atoms with E-state index in [9.17, 15) is 4.39 Å². The monoisotopic (exact) mass is 196 g/mol. The smallest absolute Gasteiger partial charge is 0.138 e. The first-order valence-corrected chi connectivity index (χ1v) is 4.92. The molecule has 0 aliphatic rings. The lowest BCUT2D eigenvalue weighted by atomic mass is 10.0. The summed E-state index contributed by atoms with van der Waals surface area (Å²) in [5.41, 5.74) is 0. The van der Waals surface area contributed by atoms with Crippen molar-refractivity contribution in [3.8, 4) is 0 Å². The van der Waals surface area contributed by atoms with Gasteiger partial charge in [-0.3, -0.25) is 0 Å². The van der Waals surface area contributed by atoms with E-state index in [2.05, 4.69) is 0 Å². The summed E-state index contributed by atoms with van der Waals surface area (Å²) in [5.74, 6) is -0.122. The third kappa shape index (κ3) is 1.20. The second-order valence-corrected chi connectivity index (χ2v) is 3.63. The van der Waals surface area contributed by atoms with E-state index in [1.165, 1.54) is 0 Å². The number of rotatable bonds is 0. The number of hydrogen-bond acceptors (Lipinski definition) is 0. The van der Waals surface area contributed by atoms with Crippen LogP contribution in [0.3, 0.4) is 0 Å². The van der Waals surface area contributed by atoms with Gasteiger partial charge < -0.3 is 0 Å². The lowest BCUT2D eigenvalue weighted by molar-refractivity contribution is 0.651. The molecule has 0 amide bonds. The second-order valence-electron chi connectivity index (χ2n) is 3.63. The van der Waals surface area contributed by atoms with E-state index < -0.39 is 0 Å². The van der Waals surface area contributed by atoms with Crippen LogP contribution in [-0.2, 0) is 0 Å². The highest BCUT2D eigenvalue weighted by molar-refractivity contribution is 5.98. The Bertz CT molecular complexity index is 587. The van der Waals surface area contributed by atoms with Gasteiger partial charge in [-0.05, 0) is 16.8 Å². The fraction of sp³-hybridized carbons (Fsp3) is 0. The molecule has 0 radical (unpaired) electrons. The minimum absolute atomic E-state index is 0.122. The molecule has 0 fully saturated rings. The molecular weight excluding hydrogens is 187 g/mol. The lowest BCUT2D eigenvalue weighted by Gasteiger charge is -2.03. The van der Waals surface area contributed by atoms with Gasteiger partial charge in [0.05, 0.1) is 0 Å². The molecular formula is C14H9F. The molecule has 0 atom stereocenters. The number of benzene rings is 3. The van der Waals surface area contributed by atoms with E-state index >= 15 is 0 Å². The maximum Gasteiger partial charge on any atom is 0.138 e. The van der Waals surface area contributed by atoms with E-state index in [4.69, 9.17) is 0 Å². The van der Waals surface area contributed by atoms with Crippen LogP contribution >= 0.6 is 0 Å². The molecule has 15 heavy (non-hydrogen) atoms. The molecule has 3 rings (SSSR count). The third-order valence-electron chi connectivity index (χ3n) is 2.71. The second kappa shape index (κ2) is 3.06. The van der Waals surface area contributed by atoms with Crippen LogP contribution in [0.5, 0.6) is 0 Å². The summed E-state index contributed by atoms with van der Waals surface area (Å²) in [5, 5.41) is 3.29. The molecule has 0 nitrogen and oxygen atoms in total. The minimum Gasteiger partial charge on any atom is -0.206 e. The van der Waals surface area contributed by atoms with E-state index in [1.54, 1.807) is 0 Å². The predicted octanol–water partition coefficient (Wildman–Crippen LogP) is 4.13. The fourth-order valence-electron chi connectivity index (χ4n) is 1.96. The molecule has 72 valence electrons. The topological polar surface area (TPSA) is 0 Å². The Morgan fingerprint density at radius 1 is 0.667 bits per heavy atom. The fourth-order valence-corrected chi connectivity index (χ4v) is 1.96. The van der Waals surface area contributed by atoms with Gasteiger partial charge in [-0.25, -0.2) is 4.39 Å². The van der Waals surface area contributed by atoms with Crippen molar-refractivity contribution in [3.63, 3.8) is 0 Å². The molecule has 0 saturated carbocycles. The zero-order valence-corrected chi connectivity index (χ0v) is 8.07. The van der Waals surface area contributed by atoms with Crippen molar-refractivity contribution in [1.82, 2.24) is 0 Å². The highest BCUT2D eigenvalue weighted by Crippen LogP contribution is 2.26. The van der Waals surface area contributed by atoms with E-state index in [1.807, 2.05) is 54.6 Å². The van der Waals surface area contributed by atoms with Crippen LogP contribution in [0.25, 0.3) is 21.5 Å². The molecule has 0 bridgehead atoms. The van der Waals surface area contributed by atoms with Crippen LogP contribution in [0.15, 0.2) is 54.6 Å². The summed E-state index contributed by atoms with van der Waals surface area (Å²) in [6.07, 6.45) is 0. The van der Waals surface area contributed by atoms with Gasteiger partial charge in [-0.15, -0.1) is 0 Å². The summed E-state index contributed by atoms with van der Waals surface area (Å²) in [4.78, 5) is 0. The van der Waals surface area contributed by atoms with Crippen LogP contribution in [0.1, 0.15) is 0 Å². The van der Waals surface area contributed by atoms with Gasteiger partial charge in [0, 0.05) is 10.8 Å². The van der Waals surface area contributed by atoms with Crippen LogP contribution in [0, 0.1) is 5.82 Å². The zero-order valence-electron chi connectivity index (χ0n) is 8.07. The summed E-state index contributed by atoms with van der Waals surface area (Å²) in [6.45, 7) is 0.